The maximum atomic E-state index is 11.8. The van der Waals surface area contributed by atoms with Crippen LogP contribution in [0.4, 0.5) is 5.82 Å². The Morgan fingerprint density at radius 2 is 1.96 bits per heavy atom. The Kier molecular flexibility index (Phi) is 5.05. The summed E-state index contributed by atoms with van der Waals surface area (Å²) < 4.78 is 1.50. The highest BCUT2D eigenvalue weighted by Crippen LogP contribution is 2.09. The van der Waals surface area contributed by atoms with E-state index in [0.717, 1.165) is 44.8 Å². The molecule has 0 amide bonds. The van der Waals surface area contributed by atoms with Gasteiger partial charge in [0.15, 0.2) is 0 Å². The van der Waals surface area contributed by atoms with Crippen molar-refractivity contribution in [1.29, 1.82) is 0 Å². The van der Waals surface area contributed by atoms with Gasteiger partial charge in [-0.3, -0.25) is 4.57 Å². The number of nitrogens with one attached hydrogen (secondary N) is 1. The van der Waals surface area contributed by atoms with E-state index in [1.807, 2.05) is 12.1 Å². The third kappa shape index (κ3) is 4.18. The van der Waals surface area contributed by atoms with Crippen molar-refractivity contribution in [1.82, 2.24) is 19.8 Å². The molecule has 0 bridgehead atoms. The van der Waals surface area contributed by atoms with E-state index in [9.17, 15) is 4.79 Å². The van der Waals surface area contributed by atoms with Gasteiger partial charge in [0.2, 0.25) is 0 Å². The smallest absolute Gasteiger partial charge is 0.354 e. The third-order valence-electron chi connectivity index (χ3n) is 4.19. The molecule has 0 unspecified atom stereocenters. The van der Waals surface area contributed by atoms with Crippen LogP contribution in [-0.4, -0.2) is 47.2 Å². The zero-order valence-corrected chi connectivity index (χ0v) is 13.2. The maximum absolute atomic E-state index is 11.8. The minimum Gasteiger partial charge on any atom is -0.383 e. The molecule has 1 aromatic heterocycles. The largest absolute Gasteiger partial charge is 0.383 e. The van der Waals surface area contributed by atoms with Gasteiger partial charge in [-0.25, -0.2) is 4.79 Å². The van der Waals surface area contributed by atoms with E-state index >= 15 is 0 Å². The van der Waals surface area contributed by atoms with Crippen LogP contribution in [0.25, 0.3) is 5.69 Å². The van der Waals surface area contributed by atoms with Crippen molar-refractivity contribution in [3.05, 3.63) is 52.6 Å². The summed E-state index contributed by atoms with van der Waals surface area (Å²) in [6.07, 6.45) is 3.89. The molecule has 2 heterocycles. The minimum absolute atomic E-state index is 0.245. The first-order chi connectivity index (χ1) is 11.2. The van der Waals surface area contributed by atoms with Crippen LogP contribution in [-0.2, 0) is 6.42 Å². The number of benzene rings is 1. The quantitative estimate of drug-likeness (QED) is 0.867. The summed E-state index contributed by atoms with van der Waals surface area (Å²) in [7, 11) is 0. The normalized spacial score (nSPS) is 16.2. The summed E-state index contributed by atoms with van der Waals surface area (Å²) in [5.41, 5.74) is 7.26. The molecule has 1 aliphatic rings. The van der Waals surface area contributed by atoms with Crippen molar-refractivity contribution >= 4 is 5.82 Å². The van der Waals surface area contributed by atoms with Crippen molar-refractivity contribution < 1.29 is 0 Å². The Balaban J connectivity index is 1.63. The number of nitrogen functional groups attached to an aromatic ring is 1. The second kappa shape index (κ2) is 7.39. The number of aromatic nitrogens is 2. The lowest BCUT2D eigenvalue weighted by molar-refractivity contribution is 0.296. The molecule has 23 heavy (non-hydrogen) atoms. The van der Waals surface area contributed by atoms with Crippen LogP contribution in [0.1, 0.15) is 12.0 Å². The fourth-order valence-corrected chi connectivity index (χ4v) is 2.85. The Morgan fingerprint density at radius 3 is 2.74 bits per heavy atom. The van der Waals surface area contributed by atoms with Gasteiger partial charge in [0.1, 0.15) is 5.82 Å². The molecule has 1 aromatic carbocycles. The van der Waals surface area contributed by atoms with E-state index in [1.54, 1.807) is 12.3 Å². The van der Waals surface area contributed by atoms with Gasteiger partial charge >= 0.3 is 5.69 Å². The van der Waals surface area contributed by atoms with Crippen LogP contribution in [0.3, 0.4) is 0 Å². The molecule has 1 aliphatic heterocycles. The Labute approximate surface area is 135 Å². The number of hydrogen-bond donors (Lipinski definition) is 2. The second-order valence-corrected chi connectivity index (χ2v) is 5.87. The highest BCUT2D eigenvalue weighted by Gasteiger charge is 2.08. The first-order valence-corrected chi connectivity index (χ1v) is 8.10. The molecule has 6 nitrogen and oxygen atoms in total. The zero-order valence-electron chi connectivity index (χ0n) is 13.2. The van der Waals surface area contributed by atoms with E-state index < -0.39 is 0 Å². The molecule has 3 rings (SSSR count). The number of nitrogens with zero attached hydrogens (tertiary/aromatic N) is 3. The number of hydrogen-bond acceptors (Lipinski definition) is 5. The Morgan fingerprint density at radius 1 is 1.13 bits per heavy atom. The lowest BCUT2D eigenvalue weighted by Crippen LogP contribution is -2.30. The average Bonchev–Trinajstić information content (AvgIpc) is 2.82. The van der Waals surface area contributed by atoms with Gasteiger partial charge < -0.3 is 16.0 Å². The molecule has 0 saturated carbocycles. The molecule has 0 atom stereocenters. The van der Waals surface area contributed by atoms with E-state index in [4.69, 9.17) is 5.73 Å². The predicted octanol–water partition coefficient (Wildman–Crippen LogP) is 0.652. The molecular formula is C17H23N5O. The highest BCUT2D eigenvalue weighted by molar-refractivity contribution is 5.36. The summed E-state index contributed by atoms with van der Waals surface area (Å²) in [4.78, 5) is 18.1. The molecule has 6 heteroatoms. The monoisotopic (exact) mass is 313 g/mol. The second-order valence-electron chi connectivity index (χ2n) is 5.87. The lowest BCUT2D eigenvalue weighted by atomic mass is 10.1. The fourth-order valence-electron chi connectivity index (χ4n) is 2.85. The molecule has 1 saturated heterocycles. The van der Waals surface area contributed by atoms with Crippen LogP contribution >= 0.6 is 0 Å². The van der Waals surface area contributed by atoms with Crippen LogP contribution in [0.5, 0.6) is 0 Å². The van der Waals surface area contributed by atoms with Crippen molar-refractivity contribution in [2.24, 2.45) is 0 Å². The minimum atomic E-state index is -0.352. The topological polar surface area (TPSA) is 76.2 Å². The number of rotatable bonds is 4. The first-order valence-electron chi connectivity index (χ1n) is 8.10. The molecule has 0 aliphatic carbocycles. The van der Waals surface area contributed by atoms with Crippen molar-refractivity contribution in [3.8, 4) is 5.69 Å². The summed E-state index contributed by atoms with van der Waals surface area (Å²) in [6, 6.07) is 9.70. The zero-order chi connectivity index (χ0) is 16.1. The molecule has 0 spiro atoms. The van der Waals surface area contributed by atoms with E-state index in [1.165, 1.54) is 16.6 Å². The SMILES string of the molecule is Nc1ccn(-c2ccc(CCN3CCCNCC3)cc2)c(=O)n1. The van der Waals surface area contributed by atoms with Crippen LogP contribution < -0.4 is 16.7 Å². The van der Waals surface area contributed by atoms with Crippen LogP contribution in [0.2, 0.25) is 0 Å². The average molecular weight is 313 g/mol. The van der Waals surface area contributed by atoms with E-state index in [2.05, 4.69) is 27.3 Å². The maximum Gasteiger partial charge on any atom is 0.354 e. The Bertz CT molecular complexity index is 687. The summed E-state index contributed by atoms with van der Waals surface area (Å²) in [5.74, 6) is 0.245. The molecule has 3 N–H and O–H groups in total. The van der Waals surface area contributed by atoms with Gasteiger partial charge in [0, 0.05) is 25.8 Å². The van der Waals surface area contributed by atoms with Crippen molar-refractivity contribution in [2.75, 3.05) is 38.5 Å². The van der Waals surface area contributed by atoms with Gasteiger partial charge in [-0.2, -0.15) is 4.98 Å². The Hall–Kier alpha value is -2.18. The van der Waals surface area contributed by atoms with Gasteiger partial charge in [-0.05, 0) is 49.7 Å². The van der Waals surface area contributed by atoms with Gasteiger partial charge in [-0.15, -0.1) is 0 Å². The fraction of sp³-hybridized carbons (Fsp3) is 0.412. The standard InChI is InChI=1S/C17H23N5O/c18-16-7-12-22(17(23)20-16)15-4-2-14(3-5-15)6-11-21-10-1-8-19-9-13-21/h2-5,7,12,19H,1,6,8-11,13H2,(H2,18,20,23). The first kappa shape index (κ1) is 15.7. The van der Waals surface area contributed by atoms with E-state index in [0.29, 0.717) is 0 Å². The van der Waals surface area contributed by atoms with Crippen molar-refractivity contribution in [3.63, 3.8) is 0 Å². The highest BCUT2D eigenvalue weighted by atomic mass is 16.1. The van der Waals surface area contributed by atoms with Gasteiger partial charge in [0.05, 0.1) is 5.69 Å². The van der Waals surface area contributed by atoms with Crippen molar-refractivity contribution in [2.45, 2.75) is 12.8 Å². The number of anilines is 1. The molecule has 2 aromatic rings. The van der Waals surface area contributed by atoms with E-state index in [-0.39, 0.29) is 11.5 Å². The molecule has 122 valence electrons. The summed E-state index contributed by atoms with van der Waals surface area (Å²) in [6.45, 7) is 5.55. The van der Waals surface area contributed by atoms with Gasteiger partial charge in [-0.1, -0.05) is 12.1 Å². The summed E-state index contributed by atoms with van der Waals surface area (Å²) in [5, 5.41) is 3.42. The van der Waals surface area contributed by atoms with Gasteiger partial charge in [0.25, 0.3) is 0 Å². The lowest BCUT2D eigenvalue weighted by Gasteiger charge is -2.19. The molecular weight excluding hydrogens is 290 g/mol. The molecule has 0 radical (unpaired) electrons. The molecule has 1 fully saturated rings. The van der Waals surface area contributed by atoms with Crippen LogP contribution in [0, 0.1) is 0 Å². The summed E-state index contributed by atoms with van der Waals surface area (Å²) >= 11 is 0. The van der Waals surface area contributed by atoms with Crippen LogP contribution in [0.15, 0.2) is 41.3 Å². The predicted molar refractivity (Wildman–Crippen MR) is 91.9 cm³/mol. The third-order valence-corrected chi connectivity index (χ3v) is 4.19. The number of nitrogens with two attached hydrogens (primary N) is 1.